The summed E-state index contributed by atoms with van der Waals surface area (Å²) in [5, 5.41) is 0. The summed E-state index contributed by atoms with van der Waals surface area (Å²) in [6, 6.07) is 17.4. The van der Waals surface area contributed by atoms with Crippen LogP contribution in [0.15, 0.2) is 60.7 Å². The summed E-state index contributed by atoms with van der Waals surface area (Å²) in [5.74, 6) is 0.743. The molecule has 0 N–H and O–H groups in total. The molecule has 0 heterocycles. The van der Waals surface area contributed by atoms with Gasteiger partial charge in [0, 0.05) is 5.69 Å². The first-order valence-electron chi connectivity index (χ1n) is 8.69. The molecule has 138 valence electrons. The molecule has 0 unspecified atom stereocenters. The van der Waals surface area contributed by atoms with E-state index in [2.05, 4.69) is 0 Å². The van der Waals surface area contributed by atoms with Gasteiger partial charge in [-0.1, -0.05) is 36.4 Å². The predicted molar refractivity (Wildman–Crippen MR) is 107 cm³/mol. The maximum absolute atomic E-state index is 12.8. The molecular formula is C22H27NO3. The van der Waals surface area contributed by atoms with E-state index < -0.39 is 5.60 Å². The molecule has 0 saturated carbocycles. The SMILES string of the molecule is C/C=C(/CN(C(=O)OC(C)(C)C)c1ccc(OC)cc1)c1ccccc1. The van der Waals surface area contributed by atoms with Crippen LogP contribution in [0.5, 0.6) is 5.75 Å². The molecule has 2 rings (SSSR count). The highest BCUT2D eigenvalue weighted by atomic mass is 16.6. The molecule has 4 nitrogen and oxygen atoms in total. The van der Waals surface area contributed by atoms with Gasteiger partial charge in [0.2, 0.25) is 0 Å². The van der Waals surface area contributed by atoms with E-state index in [0.29, 0.717) is 6.54 Å². The first kappa shape index (κ1) is 19.6. The second-order valence-electron chi connectivity index (χ2n) is 6.94. The largest absolute Gasteiger partial charge is 0.497 e. The third-order valence-electron chi connectivity index (χ3n) is 3.82. The highest BCUT2D eigenvalue weighted by Gasteiger charge is 2.24. The van der Waals surface area contributed by atoms with Crippen LogP contribution in [0, 0.1) is 0 Å². The number of hydrogen-bond donors (Lipinski definition) is 0. The molecule has 0 radical (unpaired) electrons. The van der Waals surface area contributed by atoms with Crippen molar-refractivity contribution in [1.29, 1.82) is 0 Å². The second kappa shape index (κ2) is 8.56. The zero-order valence-corrected chi connectivity index (χ0v) is 16.2. The van der Waals surface area contributed by atoms with Gasteiger partial charge >= 0.3 is 6.09 Å². The monoisotopic (exact) mass is 353 g/mol. The Kier molecular flexibility index (Phi) is 6.45. The van der Waals surface area contributed by atoms with Crippen LogP contribution in [0.25, 0.3) is 5.57 Å². The molecule has 0 bridgehead atoms. The Balaban J connectivity index is 2.34. The Morgan fingerprint density at radius 3 is 2.15 bits per heavy atom. The predicted octanol–water partition coefficient (Wildman–Crippen LogP) is 5.54. The number of methoxy groups -OCH3 is 1. The zero-order valence-electron chi connectivity index (χ0n) is 16.2. The van der Waals surface area contributed by atoms with Crippen LogP contribution < -0.4 is 9.64 Å². The average molecular weight is 353 g/mol. The van der Waals surface area contributed by atoms with Crippen LogP contribution in [0.2, 0.25) is 0 Å². The molecule has 0 atom stereocenters. The molecule has 0 aromatic heterocycles. The molecule has 0 aliphatic heterocycles. The maximum atomic E-state index is 12.8. The lowest BCUT2D eigenvalue weighted by molar-refractivity contribution is 0.0585. The van der Waals surface area contributed by atoms with Crippen molar-refractivity contribution >= 4 is 17.4 Å². The van der Waals surface area contributed by atoms with Gasteiger partial charge in [-0.05, 0) is 63.1 Å². The molecular weight excluding hydrogens is 326 g/mol. The first-order chi connectivity index (χ1) is 12.3. The number of benzene rings is 2. The molecule has 26 heavy (non-hydrogen) atoms. The highest BCUT2D eigenvalue weighted by Crippen LogP contribution is 2.25. The second-order valence-corrected chi connectivity index (χ2v) is 6.94. The summed E-state index contributed by atoms with van der Waals surface area (Å²) < 4.78 is 10.8. The van der Waals surface area contributed by atoms with E-state index in [9.17, 15) is 4.79 Å². The number of anilines is 1. The Labute approximate surface area is 156 Å². The topological polar surface area (TPSA) is 38.8 Å². The molecule has 1 amide bonds. The molecule has 0 saturated heterocycles. The first-order valence-corrected chi connectivity index (χ1v) is 8.69. The molecule has 0 spiro atoms. The Morgan fingerprint density at radius 2 is 1.65 bits per heavy atom. The van der Waals surface area contributed by atoms with E-state index >= 15 is 0 Å². The fourth-order valence-electron chi connectivity index (χ4n) is 2.51. The van der Waals surface area contributed by atoms with Gasteiger partial charge in [-0.25, -0.2) is 4.79 Å². The van der Waals surface area contributed by atoms with E-state index in [1.54, 1.807) is 12.0 Å². The number of allylic oxidation sites excluding steroid dienone is 1. The maximum Gasteiger partial charge on any atom is 0.415 e. The van der Waals surface area contributed by atoms with Crippen LogP contribution in [0.1, 0.15) is 33.3 Å². The summed E-state index contributed by atoms with van der Waals surface area (Å²) in [7, 11) is 1.62. The van der Waals surface area contributed by atoms with Crippen molar-refractivity contribution in [3.8, 4) is 5.75 Å². The van der Waals surface area contributed by atoms with Gasteiger partial charge in [-0.2, -0.15) is 0 Å². The van der Waals surface area contributed by atoms with Crippen molar-refractivity contribution in [3.63, 3.8) is 0 Å². The molecule has 2 aromatic rings. The molecule has 0 aliphatic carbocycles. The minimum Gasteiger partial charge on any atom is -0.497 e. The fraction of sp³-hybridized carbons (Fsp3) is 0.318. The number of carbonyl (C=O) groups is 1. The van der Waals surface area contributed by atoms with E-state index in [4.69, 9.17) is 9.47 Å². The number of hydrogen-bond acceptors (Lipinski definition) is 3. The minimum atomic E-state index is -0.565. The quantitative estimate of drug-likeness (QED) is 0.708. The lowest BCUT2D eigenvalue weighted by Gasteiger charge is -2.28. The third-order valence-corrected chi connectivity index (χ3v) is 3.82. The summed E-state index contributed by atoms with van der Waals surface area (Å²) in [6.07, 6.45) is 1.65. The summed E-state index contributed by atoms with van der Waals surface area (Å²) in [6.45, 7) is 7.99. The van der Waals surface area contributed by atoms with Crippen LogP contribution in [-0.2, 0) is 4.74 Å². The lowest BCUT2D eigenvalue weighted by atomic mass is 10.1. The Bertz CT molecular complexity index is 743. The average Bonchev–Trinajstić information content (AvgIpc) is 2.62. The smallest absolute Gasteiger partial charge is 0.415 e. The van der Waals surface area contributed by atoms with Gasteiger partial charge in [-0.15, -0.1) is 0 Å². The van der Waals surface area contributed by atoms with Gasteiger partial charge in [0.25, 0.3) is 0 Å². The standard InChI is InChI=1S/C22H27NO3/c1-6-17(18-10-8-7-9-11-18)16-23(21(24)26-22(2,3)4)19-12-14-20(25-5)15-13-19/h6-15H,16H2,1-5H3/b17-6-. The number of carbonyl (C=O) groups excluding carboxylic acids is 1. The van der Waals surface area contributed by atoms with Crippen molar-refractivity contribution in [2.75, 3.05) is 18.6 Å². The van der Waals surface area contributed by atoms with Crippen LogP contribution >= 0.6 is 0 Å². The van der Waals surface area contributed by atoms with E-state index in [0.717, 1.165) is 22.6 Å². The Hall–Kier alpha value is -2.75. The minimum absolute atomic E-state index is 0.377. The van der Waals surface area contributed by atoms with Crippen molar-refractivity contribution in [3.05, 3.63) is 66.2 Å². The van der Waals surface area contributed by atoms with Crippen LogP contribution in [0.4, 0.5) is 10.5 Å². The van der Waals surface area contributed by atoms with Crippen molar-refractivity contribution in [2.24, 2.45) is 0 Å². The zero-order chi connectivity index (χ0) is 19.2. The summed E-state index contributed by atoms with van der Waals surface area (Å²) in [5.41, 5.74) is 2.32. The van der Waals surface area contributed by atoms with Gasteiger partial charge in [0.1, 0.15) is 11.4 Å². The number of nitrogens with zero attached hydrogens (tertiary/aromatic N) is 1. The van der Waals surface area contributed by atoms with Crippen LogP contribution in [-0.4, -0.2) is 25.3 Å². The van der Waals surface area contributed by atoms with Gasteiger partial charge in [0.15, 0.2) is 0 Å². The van der Waals surface area contributed by atoms with Crippen molar-refractivity contribution in [1.82, 2.24) is 0 Å². The number of rotatable bonds is 5. The van der Waals surface area contributed by atoms with Gasteiger partial charge < -0.3 is 9.47 Å². The number of amides is 1. The summed E-state index contributed by atoms with van der Waals surface area (Å²) in [4.78, 5) is 14.5. The van der Waals surface area contributed by atoms with Gasteiger partial charge in [-0.3, -0.25) is 4.90 Å². The number of ether oxygens (including phenoxy) is 2. The highest BCUT2D eigenvalue weighted by molar-refractivity contribution is 5.91. The molecule has 2 aromatic carbocycles. The van der Waals surface area contributed by atoms with E-state index in [1.165, 1.54) is 0 Å². The third kappa shape index (κ3) is 5.38. The lowest BCUT2D eigenvalue weighted by Crippen LogP contribution is -2.37. The molecule has 4 heteroatoms. The van der Waals surface area contributed by atoms with E-state index in [1.807, 2.05) is 88.4 Å². The van der Waals surface area contributed by atoms with E-state index in [-0.39, 0.29) is 6.09 Å². The van der Waals surface area contributed by atoms with Crippen molar-refractivity contribution < 1.29 is 14.3 Å². The molecule has 0 aliphatic rings. The normalized spacial score (nSPS) is 11.8. The fourth-order valence-corrected chi connectivity index (χ4v) is 2.51. The van der Waals surface area contributed by atoms with Gasteiger partial charge in [0.05, 0.1) is 13.7 Å². The van der Waals surface area contributed by atoms with Crippen LogP contribution in [0.3, 0.4) is 0 Å². The summed E-state index contributed by atoms with van der Waals surface area (Å²) >= 11 is 0. The van der Waals surface area contributed by atoms with Crippen molar-refractivity contribution in [2.45, 2.75) is 33.3 Å². The Morgan fingerprint density at radius 1 is 1.04 bits per heavy atom. The molecule has 0 fully saturated rings.